The maximum atomic E-state index is 5.37. The SMILES string of the molecule is CCC([SiH2]C(OC)OC)c1cc2ccccc2s1.S.S.S.S. The molecule has 0 aliphatic rings. The van der Waals surface area contributed by atoms with Crippen LogP contribution >= 0.6 is 65.3 Å². The molecule has 1 aromatic carbocycles. The van der Waals surface area contributed by atoms with Gasteiger partial charge in [0.1, 0.15) is 5.91 Å². The zero-order chi connectivity index (χ0) is 13.0. The predicted octanol–water partition coefficient (Wildman–Crippen LogP) is 3.55. The zero-order valence-electron chi connectivity index (χ0n) is 13.2. The summed E-state index contributed by atoms with van der Waals surface area (Å²) in [6.07, 6.45) is 1.17. The van der Waals surface area contributed by atoms with Crippen LogP contribution in [0, 0.1) is 0 Å². The minimum absolute atomic E-state index is 0. The molecule has 0 aliphatic heterocycles. The second-order valence-electron chi connectivity index (χ2n) is 4.43. The molecular formula is C14H28O2S5Si. The molecule has 0 spiro atoms. The van der Waals surface area contributed by atoms with Gasteiger partial charge >= 0.3 is 0 Å². The third-order valence-corrected chi connectivity index (χ3v) is 7.55. The number of ether oxygens (including phenoxy) is 2. The van der Waals surface area contributed by atoms with E-state index in [1.54, 1.807) is 14.2 Å². The molecule has 1 unspecified atom stereocenters. The Kier molecular flexibility index (Phi) is 17.7. The third-order valence-electron chi connectivity index (χ3n) is 3.34. The molecule has 2 rings (SSSR count). The fraction of sp³-hybridized carbons (Fsp3) is 0.429. The van der Waals surface area contributed by atoms with Gasteiger partial charge in [-0.05, 0) is 23.1 Å². The molecule has 130 valence electrons. The van der Waals surface area contributed by atoms with Gasteiger partial charge in [0.2, 0.25) is 0 Å². The molecule has 0 radical (unpaired) electrons. The standard InChI is InChI=1S/C14H20O2SSi.4H2S/c1-4-13(18-14(15-2)16-3)12-9-10-7-5-6-8-11(10)17-12;;;;/h5-9,13-14H,4,18H2,1-3H3;4*1H2. The number of hydrogen-bond acceptors (Lipinski definition) is 3. The maximum Gasteiger partial charge on any atom is 0.134 e. The summed E-state index contributed by atoms with van der Waals surface area (Å²) >= 11 is 1.92. The lowest BCUT2D eigenvalue weighted by Gasteiger charge is -2.18. The number of rotatable bonds is 6. The van der Waals surface area contributed by atoms with Crippen molar-refractivity contribution in [3.63, 3.8) is 0 Å². The molecular weight excluding hydrogens is 389 g/mol. The molecule has 22 heavy (non-hydrogen) atoms. The molecule has 1 aromatic heterocycles. The summed E-state index contributed by atoms with van der Waals surface area (Å²) in [7, 11) is 3.03. The van der Waals surface area contributed by atoms with Crippen molar-refractivity contribution in [2.24, 2.45) is 0 Å². The Morgan fingerprint density at radius 1 is 1.05 bits per heavy atom. The zero-order valence-corrected chi connectivity index (χ0v) is 19.4. The van der Waals surface area contributed by atoms with Crippen molar-refractivity contribution >= 4 is 84.9 Å². The lowest BCUT2D eigenvalue weighted by molar-refractivity contribution is -0.0448. The van der Waals surface area contributed by atoms with Crippen LogP contribution < -0.4 is 0 Å². The van der Waals surface area contributed by atoms with E-state index in [0.29, 0.717) is 5.54 Å². The van der Waals surface area contributed by atoms with Crippen LogP contribution in [0.2, 0.25) is 0 Å². The number of methoxy groups -OCH3 is 2. The predicted molar refractivity (Wildman–Crippen MR) is 123 cm³/mol. The molecule has 0 saturated heterocycles. The van der Waals surface area contributed by atoms with Gasteiger partial charge in [-0.1, -0.05) is 31.5 Å². The monoisotopic (exact) mass is 416 g/mol. The smallest absolute Gasteiger partial charge is 0.134 e. The van der Waals surface area contributed by atoms with Gasteiger partial charge in [0, 0.05) is 23.8 Å². The van der Waals surface area contributed by atoms with Crippen LogP contribution in [-0.4, -0.2) is 29.7 Å². The van der Waals surface area contributed by atoms with Crippen molar-refractivity contribution in [2.75, 3.05) is 14.2 Å². The van der Waals surface area contributed by atoms with Crippen LogP contribution in [0.15, 0.2) is 30.3 Å². The van der Waals surface area contributed by atoms with Gasteiger partial charge in [-0.15, -0.1) is 11.3 Å². The molecule has 0 amide bonds. The van der Waals surface area contributed by atoms with Crippen LogP contribution in [0.5, 0.6) is 0 Å². The van der Waals surface area contributed by atoms with Crippen LogP contribution in [0.1, 0.15) is 23.8 Å². The van der Waals surface area contributed by atoms with Crippen LogP contribution in [0.4, 0.5) is 0 Å². The van der Waals surface area contributed by atoms with Gasteiger partial charge in [0.05, 0.1) is 9.52 Å². The summed E-state index contributed by atoms with van der Waals surface area (Å²) in [6.45, 7) is 2.25. The quantitative estimate of drug-likeness (QED) is 0.529. The fourth-order valence-corrected chi connectivity index (χ4v) is 5.44. The van der Waals surface area contributed by atoms with E-state index >= 15 is 0 Å². The first-order chi connectivity index (χ1) is 8.78. The minimum atomic E-state index is -0.439. The van der Waals surface area contributed by atoms with Crippen molar-refractivity contribution < 1.29 is 9.47 Å². The van der Waals surface area contributed by atoms with Crippen molar-refractivity contribution in [1.29, 1.82) is 0 Å². The van der Waals surface area contributed by atoms with E-state index in [1.165, 1.54) is 21.4 Å². The summed E-state index contributed by atoms with van der Waals surface area (Å²) in [5, 5.41) is 1.36. The summed E-state index contributed by atoms with van der Waals surface area (Å²) in [6, 6.07) is 10.9. The highest BCUT2D eigenvalue weighted by molar-refractivity contribution is 7.59. The van der Waals surface area contributed by atoms with Crippen LogP contribution in [-0.2, 0) is 9.47 Å². The summed E-state index contributed by atoms with van der Waals surface area (Å²) in [5.74, 6) is 0.0279. The van der Waals surface area contributed by atoms with Crippen LogP contribution in [0.25, 0.3) is 10.1 Å². The molecule has 0 fully saturated rings. The Bertz CT molecular complexity index is 472. The Hall–Kier alpha value is 0.717. The average molecular weight is 417 g/mol. The summed E-state index contributed by atoms with van der Waals surface area (Å²) < 4.78 is 12.1. The van der Waals surface area contributed by atoms with Gasteiger partial charge in [-0.25, -0.2) is 0 Å². The van der Waals surface area contributed by atoms with Gasteiger partial charge in [-0.2, -0.15) is 54.0 Å². The molecule has 2 nitrogen and oxygen atoms in total. The third kappa shape index (κ3) is 7.08. The number of fused-ring (bicyclic) bond motifs is 1. The first kappa shape index (κ1) is 27.6. The van der Waals surface area contributed by atoms with Gasteiger partial charge < -0.3 is 9.47 Å². The molecule has 8 heteroatoms. The van der Waals surface area contributed by atoms with E-state index in [2.05, 4.69) is 37.3 Å². The highest BCUT2D eigenvalue weighted by Gasteiger charge is 2.19. The van der Waals surface area contributed by atoms with E-state index in [0.717, 1.165) is 0 Å². The minimum Gasteiger partial charge on any atom is -0.360 e. The van der Waals surface area contributed by atoms with E-state index in [9.17, 15) is 0 Å². The lowest BCUT2D eigenvalue weighted by Crippen LogP contribution is -2.26. The molecule has 0 aliphatic carbocycles. The molecule has 0 bridgehead atoms. The lowest BCUT2D eigenvalue weighted by atomic mass is 10.2. The van der Waals surface area contributed by atoms with Crippen molar-refractivity contribution in [2.45, 2.75) is 24.8 Å². The topological polar surface area (TPSA) is 18.5 Å². The first-order valence-electron chi connectivity index (χ1n) is 6.32. The largest absolute Gasteiger partial charge is 0.360 e. The average Bonchev–Trinajstić information content (AvgIpc) is 2.84. The summed E-state index contributed by atoms with van der Waals surface area (Å²) in [4.78, 5) is 1.49. The number of thiophene rings is 1. The Labute approximate surface area is 168 Å². The molecule has 1 atom stereocenters. The molecule has 2 aromatic rings. The second-order valence-corrected chi connectivity index (χ2v) is 7.67. The molecule has 0 N–H and O–H groups in total. The van der Waals surface area contributed by atoms with E-state index < -0.39 is 9.52 Å². The van der Waals surface area contributed by atoms with Gasteiger partial charge in [0.25, 0.3) is 0 Å². The highest BCUT2D eigenvalue weighted by Crippen LogP contribution is 2.32. The normalized spacial score (nSPS) is 11.5. The van der Waals surface area contributed by atoms with E-state index in [1.807, 2.05) is 11.3 Å². The molecule has 0 saturated carbocycles. The van der Waals surface area contributed by atoms with Crippen LogP contribution in [0.3, 0.4) is 0 Å². The van der Waals surface area contributed by atoms with Gasteiger partial charge in [-0.3, -0.25) is 0 Å². The maximum absolute atomic E-state index is 5.37. The fourth-order valence-electron chi connectivity index (χ4n) is 2.21. The summed E-state index contributed by atoms with van der Waals surface area (Å²) in [5.41, 5.74) is 0.646. The highest BCUT2D eigenvalue weighted by atomic mass is 32.1. The second kappa shape index (κ2) is 14.1. The van der Waals surface area contributed by atoms with E-state index in [4.69, 9.17) is 9.47 Å². The van der Waals surface area contributed by atoms with E-state index in [-0.39, 0.29) is 59.9 Å². The van der Waals surface area contributed by atoms with Gasteiger partial charge in [0.15, 0.2) is 0 Å². The molecule has 1 heterocycles. The Morgan fingerprint density at radius 3 is 2.14 bits per heavy atom. The Morgan fingerprint density at radius 2 is 1.64 bits per heavy atom. The number of hydrogen-bond donors (Lipinski definition) is 0. The van der Waals surface area contributed by atoms with Crippen molar-refractivity contribution in [1.82, 2.24) is 0 Å². The first-order valence-corrected chi connectivity index (χ1v) is 8.77. The van der Waals surface area contributed by atoms with Crippen molar-refractivity contribution in [3.05, 3.63) is 35.2 Å². The number of benzene rings is 1. The Balaban J connectivity index is -0.000000902. The van der Waals surface area contributed by atoms with Crippen molar-refractivity contribution in [3.8, 4) is 0 Å².